The molecule has 3 fully saturated rings. The average Bonchev–Trinajstić information content (AvgIpc) is 3.16. The molecule has 12 nitrogen and oxygen atoms in total. The molecule has 4 amide bonds. The molecular formula is C26H33F2N9O3. The third-order valence-electron chi connectivity index (χ3n) is 7.37. The van der Waals surface area contributed by atoms with Gasteiger partial charge in [-0.05, 0) is 18.2 Å². The summed E-state index contributed by atoms with van der Waals surface area (Å²) in [5, 5.41) is 4.18. The van der Waals surface area contributed by atoms with Crippen molar-refractivity contribution in [3.8, 4) is 0 Å². The lowest BCUT2D eigenvalue weighted by Crippen LogP contribution is -2.56. The van der Waals surface area contributed by atoms with E-state index in [0.717, 1.165) is 0 Å². The van der Waals surface area contributed by atoms with Crippen LogP contribution in [-0.4, -0.2) is 103 Å². The number of hydrazine groups is 1. The van der Waals surface area contributed by atoms with Crippen LogP contribution >= 0.6 is 0 Å². The van der Waals surface area contributed by atoms with Crippen LogP contribution in [-0.2, 0) is 9.59 Å². The van der Waals surface area contributed by atoms with Crippen LogP contribution < -0.4 is 25.4 Å². The predicted octanol–water partition coefficient (Wildman–Crippen LogP) is 0.813. The highest BCUT2D eigenvalue weighted by atomic mass is 19.1. The van der Waals surface area contributed by atoms with Crippen LogP contribution in [0.25, 0.3) is 0 Å². The van der Waals surface area contributed by atoms with Crippen LogP contribution in [0.5, 0.6) is 0 Å². The molecule has 0 bridgehead atoms. The Bertz CT molecular complexity index is 1220. The zero-order valence-corrected chi connectivity index (χ0v) is 22.4. The minimum Gasteiger partial charge on any atom is -0.364 e. The summed E-state index contributed by atoms with van der Waals surface area (Å²) >= 11 is 0. The number of benzene rings is 1. The molecule has 0 radical (unpaired) electrons. The van der Waals surface area contributed by atoms with E-state index in [4.69, 9.17) is 0 Å². The Morgan fingerprint density at radius 1 is 1.00 bits per heavy atom. The molecule has 2 aromatic rings. The van der Waals surface area contributed by atoms with Crippen LogP contribution in [0.4, 0.5) is 30.9 Å². The molecule has 1 aromatic carbocycles. The summed E-state index contributed by atoms with van der Waals surface area (Å²) in [6.07, 6.45) is 3.56. The van der Waals surface area contributed by atoms with E-state index in [9.17, 15) is 14.4 Å². The monoisotopic (exact) mass is 557 g/mol. The fourth-order valence-corrected chi connectivity index (χ4v) is 5.31. The minimum absolute atomic E-state index is 0.128. The van der Waals surface area contributed by atoms with E-state index in [1.807, 2.05) is 4.90 Å². The second kappa shape index (κ2) is 12.0. The number of rotatable bonds is 5. The van der Waals surface area contributed by atoms with Gasteiger partial charge in [-0.2, -0.15) is 0 Å². The third kappa shape index (κ3) is 6.06. The maximum absolute atomic E-state index is 15.3. The van der Waals surface area contributed by atoms with Crippen molar-refractivity contribution in [3.63, 3.8) is 0 Å². The van der Waals surface area contributed by atoms with Gasteiger partial charge in [-0.1, -0.05) is 0 Å². The SMILES string of the molecule is CC(=O)NC[C@@H]1CC(=O)N(c2cc(F)c(N3CCNN(C(=O)N4CCN(c5ncccn5)CC4)CC3)c(F)c2)C1. The number of piperazine rings is 1. The van der Waals surface area contributed by atoms with Gasteiger partial charge in [0.15, 0.2) is 11.6 Å². The Kier molecular flexibility index (Phi) is 8.24. The fourth-order valence-electron chi connectivity index (χ4n) is 5.31. The highest BCUT2D eigenvalue weighted by Gasteiger charge is 2.33. The summed E-state index contributed by atoms with van der Waals surface area (Å²) in [6, 6.07) is 3.92. The molecule has 0 unspecified atom stereocenters. The molecule has 40 heavy (non-hydrogen) atoms. The Hall–Kier alpha value is -4.07. The summed E-state index contributed by atoms with van der Waals surface area (Å²) in [5.41, 5.74) is 3.05. The fraction of sp³-hybridized carbons (Fsp3) is 0.500. The van der Waals surface area contributed by atoms with Crippen LogP contribution in [0, 0.1) is 17.6 Å². The summed E-state index contributed by atoms with van der Waals surface area (Å²) in [4.78, 5) is 52.1. The Morgan fingerprint density at radius 2 is 1.68 bits per heavy atom. The molecular weight excluding hydrogens is 524 g/mol. The molecule has 0 aliphatic carbocycles. The standard InChI is InChI=1S/C26H33F2N9O3/c1-18(38)31-16-19-13-23(39)36(17-19)20-14-21(27)24(22(28)15-20)33-6-5-32-37(12-11-33)26(40)35-9-7-34(8-10-35)25-29-3-2-4-30-25/h2-4,14-15,19,32H,5-13,16-17H2,1H3,(H,31,38)/t19-/m0/s1. The predicted molar refractivity (Wildman–Crippen MR) is 144 cm³/mol. The van der Waals surface area contributed by atoms with Crippen molar-refractivity contribution >= 4 is 35.2 Å². The first-order valence-electron chi connectivity index (χ1n) is 13.4. The van der Waals surface area contributed by atoms with Gasteiger partial charge in [-0.25, -0.2) is 29.0 Å². The number of halogens is 2. The first kappa shape index (κ1) is 27.5. The lowest BCUT2D eigenvalue weighted by Gasteiger charge is -2.37. The molecule has 2 N–H and O–H groups in total. The maximum Gasteiger partial charge on any atom is 0.334 e. The first-order valence-corrected chi connectivity index (χ1v) is 13.4. The smallest absolute Gasteiger partial charge is 0.334 e. The van der Waals surface area contributed by atoms with Gasteiger partial charge in [0.2, 0.25) is 17.8 Å². The second-order valence-corrected chi connectivity index (χ2v) is 10.1. The Balaban J connectivity index is 1.18. The van der Waals surface area contributed by atoms with E-state index in [0.29, 0.717) is 45.2 Å². The average molecular weight is 558 g/mol. The van der Waals surface area contributed by atoms with E-state index >= 15 is 8.78 Å². The van der Waals surface area contributed by atoms with Crippen molar-refractivity contribution in [2.24, 2.45) is 5.92 Å². The number of anilines is 3. The number of nitrogens with zero attached hydrogens (tertiary/aromatic N) is 7. The minimum atomic E-state index is -0.771. The zero-order valence-electron chi connectivity index (χ0n) is 22.4. The van der Waals surface area contributed by atoms with Crippen molar-refractivity contribution in [3.05, 3.63) is 42.2 Å². The van der Waals surface area contributed by atoms with E-state index in [1.54, 1.807) is 28.3 Å². The highest BCUT2D eigenvalue weighted by molar-refractivity contribution is 5.96. The van der Waals surface area contributed by atoms with Crippen molar-refractivity contribution in [1.29, 1.82) is 0 Å². The Morgan fingerprint density at radius 3 is 2.35 bits per heavy atom. The van der Waals surface area contributed by atoms with Crippen molar-refractivity contribution in [1.82, 2.24) is 30.6 Å². The quantitative estimate of drug-likeness (QED) is 0.555. The molecule has 5 rings (SSSR count). The van der Waals surface area contributed by atoms with Gasteiger partial charge in [0.05, 0.1) is 6.54 Å². The van der Waals surface area contributed by atoms with Crippen LogP contribution in [0.3, 0.4) is 0 Å². The summed E-state index contributed by atoms with van der Waals surface area (Å²) in [6.45, 7) is 5.28. The molecule has 4 heterocycles. The number of urea groups is 1. The number of hydrogen-bond donors (Lipinski definition) is 2. The van der Waals surface area contributed by atoms with Crippen molar-refractivity contribution in [2.45, 2.75) is 13.3 Å². The molecule has 1 aromatic heterocycles. The normalized spacial score (nSPS) is 20.1. The molecule has 3 aliphatic heterocycles. The highest BCUT2D eigenvalue weighted by Crippen LogP contribution is 2.32. The number of hydrogen-bond acceptors (Lipinski definition) is 8. The number of carbonyl (C=O) groups is 3. The van der Waals surface area contributed by atoms with E-state index in [-0.39, 0.29) is 67.7 Å². The molecule has 0 spiro atoms. The van der Waals surface area contributed by atoms with E-state index < -0.39 is 11.6 Å². The lowest BCUT2D eigenvalue weighted by molar-refractivity contribution is -0.120. The van der Waals surface area contributed by atoms with Gasteiger partial charge in [0.25, 0.3) is 0 Å². The lowest BCUT2D eigenvalue weighted by atomic mass is 10.1. The van der Waals surface area contributed by atoms with Crippen molar-refractivity contribution in [2.75, 3.05) is 80.1 Å². The summed E-state index contributed by atoms with van der Waals surface area (Å²) in [5.74, 6) is -1.48. The summed E-state index contributed by atoms with van der Waals surface area (Å²) in [7, 11) is 0. The number of amides is 4. The molecule has 14 heteroatoms. The molecule has 3 aliphatic rings. The Labute approximate surface area is 230 Å². The van der Waals surface area contributed by atoms with Crippen LogP contribution in [0.2, 0.25) is 0 Å². The zero-order chi connectivity index (χ0) is 28.2. The van der Waals surface area contributed by atoms with Crippen molar-refractivity contribution < 1.29 is 23.2 Å². The molecule has 214 valence electrons. The molecule has 1 atom stereocenters. The maximum atomic E-state index is 15.3. The topological polar surface area (TPSA) is 117 Å². The van der Waals surface area contributed by atoms with Gasteiger partial charge in [0, 0.05) is 96.2 Å². The van der Waals surface area contributed by atoms with E-state index in [2.05, 4.69) is 20.7 Å². The van der Waals surface area contributed by atoms with Gasteiger partial charge in [0.1, 0.15) is 5.69 Å². The largest absolute Gasteiger partial charge is 0.364 e. The van der Waals surface area contributed by atoms with Crippen LogP contribution in [0.1, 0.15) is 13.3 Å². The number of carbonyl (C=O) groups excluding carboxylic acids is 3. The van der Waals surface area contributed by atoms with Gasteiger partial charge in [-0.15, -0.1) is 0 Å². The molecule has 0 saturated carbocycles. The number of aromatic nitrogens is 2. The van der Waals surface area contributed by atoms with E-state index in [1.165, 1.54) is 29.0 Å². The van der Waals surface area contributed by atoms with Gasteiger partial charge >= 0.3 is 6.03 Å². The van der Waals surface area contributed by atoms with Gasteiger partial charge in [-0.3, -0.25) is 14.6 Å². The number of nitrogens with one attached hydrogen (secondary N) is 2. The summed E-state index contributed by atoms with van der Waals surface area (Å²) < 4.78 is 30.6. The van der Waals surface area contributed by atoms with Crippen LogP contribution in [0.15, 0.2) is 30.6 Å². The molecule has 3 saturated heterocycles. The second-order valence-electron chi connectivity index (χ2n) is 10.1. The third-order valence-corrected chi connectivity index (χ3v) is 7.37. The van der Waals surface area contributed by atoms with Gasteiger partial charge < -0.3 is 24.9 Å². The first-order chi connectivity index (χ1) is 19.3.